The fourth-order valence-electron chi connectivity index (χ4n) is 1.95. The quantitative estimate of drug-likeness (QED) is 0.892. The van der Waals surface area contributed by atoms with Crippen LogP contribution in [0.25, 0.3) is 0 Å². The first-order valence-electron chi connectivity index (χ1n) is 6.83. The molecule has 21 heavy (non-hydrogen) atoms. The Morgan fingerprint density at radius 2 is 1.95 bits per heavy atom. The molecule has 2 heterocycles. The molecule has 2 N–H and O–H groups in total. The molecule has 7 nitrogen and oxygen atoms in total. The number of fused-ring (bicyclic) bond motifs is 1. The van der Waals surface area contributed by atoms with Gasteiger partial charge in [-0.1, -0.05) is 0 Å². The van der Waals surface area contributed by atoms with Gasteiger partial charge in [-0.3, -0.25) is 0 Å². The summed E-state index contributed by atoms with van der Waals surface area (Å²) >= 11 is 0. The lowest BCUT2D eigenvalue weighted by atomic mass is 10.2. The molecule has 1 aromatic heterocycles. The van der Waals surface area contributed by atoms with E-state index in [4.69, 9.17) is 9.47 Å². The van der Waals surface area contributed by atoms with Crippen LogP contribution in [0.5, 0.6) is 11.5 Å². The summed E-state index contributed by atoms with van der Waals surface area (Å²) in [5.41, 5.74) is 0.857. The molecule has 0 bridgehead atoms. The highest BCUT2D eigenvalue weighted by molar-refractivity contribution is 5.61. The second kappa shape index (κ2) is 5.82. The summed E-state index contributed by atoms with van der Waals surface area (Å²) in [6, 6.07) is 5.91. The first kappa shape index (κ1) is 13.4. The second-order valence-corrected chi connectivity index (χ2v) is 4.95. The second-order valence-electron chi connectivity index (χ2n) is 4.95. The summed E-state index contributed by atoms with van der Waals surface area (Å²) in [4.78, 5) is 4.35. The van der Waals surface area contributed by atoms with Crippen LogP contribution in [-0.4, -0.2) is 34.4 Å². The van der Waals surface area contributed by atoms with Crippen molar-refractivity contribution in [1.82, 2.24) is 15.2 Å². The van der Waals surface area contributed by atoms with Gasteiger partial charge in [0.2, 0.25) is 5.95 Å². The maximum atomic E-state index is 5.55. The van der Waals surface area contributed by atoms with E-state index in [1.54, 1.807) is 6.20 Å². The summed E-state index contributed by atoms with van der Waals surface area (Å²) in [7, 11) is 0. The van der Waals surface area contributed by atoms with Crippen molar-refractivity contribution in [1.29, 1.82) is 0 Å². The molecule has 0 spiro atoms. The van der Waals surface area contributed by atoms with Crippen LogP contribution < -0.4 is 20.1 Å². The first-order valence-corrected chi connectivity index (χ1v) is 6.83. The zero-order valence-corrected chi connectivity index (χ0v) is 12.0. The van der Waals surface area contributed by atoms with Crippen molar-refractivity contribution < 1.29 is 9.47 Å². The van der Waals surface area contributed by atoms with Gasteiger partial charge in [0.15, 0.2) is 17.3 Å². The van der Waals surface area contributed by atoms with Crippen LogP contribution in [0.1, 0.15) is 13.8 Å². The highest BCUT2D eigenvalue weighted by Gasteiger charge is 2.12. The zero-order chi connectivity index (χ0) is 14.7. The number of ether oxygens (including phenoxy) is 2. The van der Waals surface area contributed by atoms with Gasteiger partial charge in [0, 0.05) is 17.8 Å². The normalized spacial score (nSPS) is 13.1. The minimum atomic E-state index is 0.247. The Hall–Kier alpha value is -2.57. The monoisotopic (exact) mass is 287 g/mol. The minimum absolute atomic E-state index is 0.247. The molecule has 0 saturated carbocycles. The molecule has 1 aliphatic rings. The zero-order valence-electron chi connectivity index (χ0n) is 12.0. The molecule has 0 aliphatic carbocycles. The fourth-order valence-corrected chi connectivity index (χ4v) is 1.95. The number of aromatic nitrogens is 3. The van der Waals surface area contributed by atoms with Gasteiger partial charge in [0.25, 0.3) is 0 Å². The largest absolute Gasteiger partial charge is 0.486 e. The highest BCUT2D eigenvalue weighted by Crippen LogP contribution is 2.33. The predicted molar refractivity (Wildman–Crippen MR) is 79.3 cm³/mol. The summed E-state index contributed by atoms with van der Waals surface area (Å²) in [6.07, 6.45) is 1.57. The Bertz CT molecular complexity index is 633. The lowest BCUT2D eigenvalue weighted by Crippen LogP contribution is -2.15. The first-order chi connectivity index (χ1) is 10.2. The lowest BCUT2D eigenvalue weighted by molar-refractivity contribution is 0.171. The smallest absolute Gasteiger partial charge is 0.244 e. The van der Waals surface area contributed by atoms with Gasteiger partial charge < -0.3 is 20.1 Å². The van der Waals surface area contributed by atoms with Gasteiger partial charge in [-0.15, -0.1) is 5.10 Å². The summed E-state index contributed by atoms with van der Waals surface area (Å²) in [5.74, 6) is 2.60. The molecule has 0 radical (unpaired) electrons. The van der Waals surface area contributed by atoms with E-state index >= 15 is 0 Å². The molecule has 3 rings (SSSR count). The van der Waals surface area contributed by atoms with Crippen LogP contribution in [-0.2, 0) is 0 Å². The molecule has 110 valence electrons. The van der Waals surface area contributed by atoms with Crippen molar-refractivity contribution >= 4 is 17.5 Å². The van der Waals surface area contributed by atoms with Gasteiger partial charge >= 0.3 is 0 Å². The van der Waals surface area contributed by atoms with Crippen molar-refractivity contribution in [3.8, 4) is 11.5 Å². The molecule has 0 fully saturated rings. The summed E-state index contributed by atoms with van der Waals surface area (Å²) in [6.45, 7) is 5.18. The van der Waals surface area contributed by atoms with Crippen LogP contribution in [0.15, 0.2) is 24.4 Å². The van der Waals surface area contributed by atoms with Crippen molar-refractivity contribution in [3.05, 3.63) is 24.4 Å². The van der Waals surface area contributed by atoms with Crippen molar-refractivity contribution in [2.24, 2.45) is 0 Å². The van der Waals surface area contributed by atoms with Gasteiger partial charge in [-0.25, -0.2) is 0 Å². The third-order valence-electron chi connectivity index (χ3n) is 2.79. The Morgan fingerprint density at radius 1 is 1.14 bits per heavy atom. The van der Waals surface area contributed by atoms with Crippen molar-refractivity contribution in [2.75, 3.05) is 23.8 Å². The molecule has 1 aromatic carbocycles. The Balaban J connectivity index is 1.77. The predicted octanol–water partition coefficient (Wildman–Crippen LogP) is 2.21. The Kier molecular flexibility index (Phi) is 3.72. The van der Waals surface area contributed by atoms with E-state index in [9.17, 15) is 0 Å². The topological polar surface area (TPSA) is 81.2 Å². The standard InChI is InChI=1S/C14H17N5O2/c1-9(2)16-14-18-13(8-15-19-14)17-10-3-4-11-12(7-10)21-6-5-20-11/h3-4,7-9H,5-6H2,1-2H3,(H2,16,17,18,19). The van der Waals surface area contributed by atoms with Crippen LogP contribution in [0.4, 0.5) is 17.5 Å². The number of nitrogens with zero attached hydrogens (tertiary/aromatic N) is 3. The molecule has 0 saturated heterocycles. The number of hydrogen-bond acceptors (Lipinski definition) is 7. The SMILES string of the molecule is CC(C)Nc1nncc(Nc2ccc3c(c2)OCCO3)n1. The third-order valence-corrected chi connectivity index (χ3v) is 2.79. The van der Waals surface area contributed by atoms with Gasteiger partial charge in [-0.05, 0) is 26.0 Å². The van der Waals surface area contributed by atoms with E-state index in [0.717, 1.165) is 17.2 Å². The molecule has 7 heteroatoms. The van der Waals surface area contributed by atoms with Crippen LogP contribution in [0.3, 0.4) is 0 Å². The molecule has 0 amide bonds. The maximum absolute atomic E-state index is 5.55. The van der Waals surface area contributed by atoms with E-state index in [1.165, 1.54) is 0 Å². The van der Waals surface area contributed by atoms with Gasteiger partial charge in [0.1, 0.15) is 13.2 Å². The Labute approximate surface area is 122 Å². The average Bonchev–Trinajstić information content (AvgIpc) is 2.47. The van der Waals surface area contributed by atoms with Gasteiger partial charge in [-0.2, -0.15) is 10.1 Å². The van der Waals surface area contributed by atoms with E-state index in [2.05, 4.69) is 25.8 Å². The molecular weight excluding hydrogens is 270 g/mol. The van der Waals surface area contributed by atoms with Crippen molar-refractivity contribution in [3.63, 3.8) is 0 Å². The third kappa shape index (κ3) is 3.31. The lowest BCUT2D eigenvalue weighted by Gasteiger charge is -2.19. The highest BCUT2D eigenvalue weighted by atomic mass is 16.6. The van der Waals surface area contributed by atoms with Crippen LogP contribution in [0.2, 0.25) is 0 Å². The maximum Gasteiger partial charge on any atom is 0.244 e. The number of benzene rings is 1. The van der Waals surface area contributed by atoms with E-state index < -0.39 is 0 Å². The van der Waals surface area contributed by atoms with Crippen LogP contribution >= 0.6 is 0 Å². The van der Waals surface area contributed by atoms with Crippen LogP contribution in [0, 0.1) is 0 Å². The molecule has 2 aromatic rings. The molecule has 0 atom stereocenters. The number of nitrogens with one attached hydrogen (secondary N) is 2. The number of rotatable bonds is 4. The summed E-state index contributed by atoms with van der Waals surface area (Å²) in [5, 5.41) is 14.2. The summed E-state index contributed by atoms with van der Waals surface area (Å²) < 4.78 is 11.0. The van der Waals surface area contributed by atoms with Crippen molar-refractivity contribution in [2.45, 2.75) is 19.9 Å². The molecule has 1 aliphatic heterocycles. The van der Waals surface area contributed by atoms with Gasteiger partial charge in [0.05, 0.1) is 6.20 Å². The van der Waals surface area contributed by atoms with E-state index in [1.807, 2.05) is 32.0 Å². The number of anilines is 3. The van der Waals surface area contributed by atoms with E-state index in [0.29, 0.717) is 25.0 Å². The Morgan fingerprint density at radius 3 is 2.76 bits per heavy atom. The van der Waals surface area contributed by atoms with E-state index in [-0.39, 0.29) is 6.04 Å². The molecule has 0 unspecified atom stereocenters. The molecular formula is C14H17N5O2. The number of hydrogen-bond donors (Lipinski definition) is 2. The minimum Gasteiger partial charge on any atom is -0.486 e. The average molecular weight is 287 g/mol. The fraction of sp³-hybridized carbons (Fsp3) is 0.357.